The Bertz CT molecular complexity index is 969. The molecular formula is C17H19N5O6. The highest BCUT2D eigenvalue weighted by atomic mass is 16.6. The van der Waals surface area contributed by atoms with Crippen molar-refractivity contribution in [1.82, 2.24) is 15.4 Å². The highest BCUT2D eigenvalue weighted by Gasteiger charge is 2.19. The summed E-state index contributed by atoms with van der Waals surface area (Å²) in [5.74, 6) is -0.330. The molecule has 28 heavy (non-hydrogen) atoms. The van der Waals surface area contributed by atoms with Crippen molar-refractivity contribution < 1.29 is 19.2 Å². The quantitative estimate of drug-likeness (QED) is 0.395. The fourth-order valence-corrected chi connectivity index (χ4v) is 2.27. The minimum Gasteiger partial charge on any atom is -0.493 e. The predicted octanol–water partition coefficient (Wildman–Crippen LogP) is 1.55. The Labute approximate surface area is 159 Å². The number of nitrogens with one attached hydrogen (secondary N) is 2. The molecule has 2 aromatic rings. The SMILES string of the molecule is CCOc1cc(OCC)c([N+](=O)[O-])cc1/C=N/NC(=O)c1cc(C)[nH]c(=O)n1. The second-order valence-electron chi connectivity index (χ2n) is 5.43. The number of amides is 1. The lowest BCUT2D eigenvalue weighted by molar-refractivity contribution is -0.385. The number of nitro groups is 1. The van der Waals surface area contributed by atoms with Gasteiger partial charge in [0.05, 0.1) is 24.4 Å². The van der Waals surface area contributed by atoms with Crippen molar-refractivity contribution in [3.8, 4) is 11.5 Å². The number of benzene rings is 1. The van der Waals surface area contributed by atoms with E-state index in [0.717, 1.165) is 0 Å². The third kappa shape index (κ3) is 5.13. The molecule has 1 heterocycles. The summed E-state index contributed by atoms with van der Waals surface area (Å²) in [6.45, 7) is 5.63. The average molecular weight is 389 g/mol. The van der Waals surface area contributed by atoms with Gasteiger partial charge in [-0.1, -0.05) is 0 Å². The van der Waals surface area contributed by atoms with Gasteiger partial charge in [-0.15, -0.1) is 0 Å². The average Bonchev–Trinajstić information content (AvgIpc) is 2.62. The van der Waals surface area contributed by atoms with Crippen LogP contribution in [0.15, 0.2) is 28.1 Å². The number of hydrazone groups is 1. The van der Waals surface area contributed by atoms with Crippen LogP contribution in [-0.4, -0.2) is 40.2 Å². The zero-order chi connectivity index (χ0) is 20.7. The summed E-state index contributed by atoms with van der Waals surface area (Å²) in [6, 6.07) is 4.02. The van der Waals surface area contributed by atoms with Gasteiger partial charge in [0.1, 0.15) is 11.4 Å². The number of aromatic nitrogens is 2. The summed E-state index contributed by atoms with van der Waals surface area (Å²) in [6.07, 6.45) is 1.20. The molecule has 0 spiro atoms. The molecular weight excluding hydrogens is 370 g/mol. The van der Waals surface area contributed by atoms with Gasteiger partial charge in [0.2, 0.25) is 5.75 Å². The minimum atomic E-state index is -0.705. The number of nitrogens with zero attached hydrogens (tertiary/aromatic N) is 3. The maximum atomic E-state index is 12.1. The number of carbonyl (C=O) groups excluding carboxylic acids is 1. The Hall–Kier alpha value is -3.76. The number of rotatable bonds is 8. The van der Waals surface area contributed by atoms with Crippen molar-refractivity contribution >= 4 is 17.8 Å². The first-order chi connectivity index (χ1) is 13.3. The molecule has 148 valence electrons. The molecule has 0 unspecified atom stereocenters. The largest absolute Gasteiger partial charge is 0.493 e. The van der Waals surface area contributed by atoms with Gasteiger partial charge in [0.25, 0.3) is 5.91 Å². The molecule has 1 amide bonds. The maximum absolute atomic E-state index is 12.1. The summed E-state index contributed by atoms with van der Waals surface area (Å²) in [7, 11) is 0. The number of hydrogen-bond acceptors (Lipinski definition) is 8. The zero-order valence-corrected chi connectivity index (χ0v) is 15.5. The lowest BCUT2D eigenvalue weighted by atomic mass is 10.1. The number of aromatic amines is 1. The second kappa shape index (κ2) is 9.26. The van der Waals surface area contributed by atoms with Crippen molar-refractivity contribution in [3.63, 3.8) is 0 Å². The topological polar surface area (TPSA) is 149 Å². The molecule has 2 rings (SSSR count). The highest BCUT2D eigenvalue weighted by Crippen LogP contribution is 2.34. The third-order valence-electron chi connectivity index (χ3n) is 3.37. The van der Waals surface area contributed by atoms with E-state index in [4.69, 9.17) is 9.47 Å². The van der Waals surface area contributed by atoms with Crippen molar-refractivity contribution in [2.24, 2.45) is 5.10 Å². The Balaban J connectivity index is 2.30. The van der Waals surface area contributed by atoms with Crippen molar-refractivity contribution in [2.75, 3.05) is 13.2 Å². The molecule has 2 N–H and O–H groups in total. The van der Waals surface area contributed by atoms with E-state index in [0.29, 0.717) is 18.1 Å². The molecule has 0 aliphatic rings. The summed E-state index contributed by atoms with van der Waals surface area (Å²) >= 11 is 0. The molecule has 0 radical (unpaired) electrons. The van der Waals surface area contributed by atoms with Gasteiger partial charge < -0.3 is 14.5 Å². The van der Waals surface area contributed by atoms with Crippen LogP contribution in [0.3, 0.4) is 0 Å². The van der Waals surface area contributed by atoms with Crippen molar-refractivity contribution in [3.05, 3.63) is 55.7 Å². The van der Waals surface area contributed by atoms with Gasteiger partial charge >= 0.3 is 11.4 Å². The molecule has 0 atom stereocenters. The van der Waals surface area contributed by atoms with Crippen LogP contribution in [0.4, 0.5) is 5.69 Å². The number of nitro benzene ring substituents is 1. The van der Waals surface area contributed by atoms with E-state index in [9.17, 15) is 19.7 Å². The van der Waals surface area contributed by atoms with Crippen LogP contribution in [0.2, 0.25) is 0 Å². The summed E-state index contributed by atoms with van der Waals surface area (Å²) in [5.41, 5.74) is 1.93. The molecule has 0 bridgehead atoms. The maximum Gasteiger partial charge on any atom is 0.345 e. The molecule has 0 saturated carbocycles. The molecule has 11 heteroatoms. The van der Waals surface area contributed by atoms with Gasteiger partial charge in [-0.2, -0.15) is 10.1 Å². The molecule has 0 aliphatic carbocycles. The van der Waals surface area contributed by atoms with E-state index < -0.39 is 16.5 Å². The summed E-state index contributed by atoms with van der Waals surface area (Å²) in [4.78, 5) is 40.1. The van der Waals surface area contributed by atoms with E-state index in [-0.39, 0.29) is 29.3 Å². The van der Waals surface area contributed by atoms with Crippen LogP contribution in [0.5, 0.6) is 11.5 Å². The molecule has 0 aliphatic heterocycles. The number of H-pyrrole nitrogens is 1. The van der Waals surface area contributed by atoms with Gasteiger partial charge in [-0.3, -0.25) is 14.9 Å². The monoisotopic (exact) mass is 389 g/mol. The molecule has 0 saturated heterocycles. The van der Waals surface area contributed by atoms with Gasteiger partial charge in [-0.05, 0) is 26.8 Å². The molecule has 0 fully saturated rings. The van der Waals surface area contributed by atoms with Crippen LogP contribution in [-0.2, 0) is 0 Å². The number of carbonyl (C=O) groups is 1. The van der Waals surface area contributed by atoms with Crippen LogP contribution < -0.4 is 20.6 Å². The second-order valence-corrected chi connectivity index (χ2v) is 5.43. The van der Waals surface area contributed by atoms with E-state index in [1.807, 2.05) is 0 Å². The van der Waals surface area contributed by atoms with Crippen LogP contribution in [0, 0.1) is 17.0 Å². The predicted molar refractivity (Wildman–Crippen MR) is 100 cm³/mol. The van der Waals surface area contributed by atoms with Gasteiger partial charge in [0.15, 0.2) is 0 Å². The first-order valence-electron chi connectivity index (χ1n) is 8.35. The normalized spacial score (nSPS) is 10.7. The van der Waals surface area contributed by atoms with Gasteiger partial charge in [-0.25, -0.2) is 10.2 Å². The molecule has 1 aromatic carbocycles. The fourth-order valence-electron chi connectivity index (χ4n) is 2.27. The Morgan fingerprint density at radius 3 is 2.57 bits per heavy atom. The minimum absolute atomic E-state index is 0.0697. The summed E-state index contributed by atoms with van der Waals surface area (Å²) in [5, 5.41) is 15.1. The van der Waals surface area contributed by atoms with Crippen molar-refractivity contribution in [2.45, 2.75) is 20.8 Å². The fraction of sp³-hybridized carbons (Fsp3) is 0.294. The first kappa shape index (κ1) is 20.6. The Kier molecular flexibility index (Phi) is 6.79. The van der Waals surface area contributed by atoms with E-state index in [1.165, 1.54) is 24.4 Å². The van der Waals surface area contributed by atoms with Crippen molar-refractivity contribution in [1.29, 1.82) is 0 Å². The lowest BCUT2D eigenvalue weighted by Crippen LogP contribution is -2.24. The van der Waals surface area contributed by atoms with E-state index in [2.05, 4.69) is 20.5 Å². The first-order valence-corrected chi connectivity index (χ1v) is 8.35. The molecule has 11 nitrogen and oxygen atoms in total. The highest BCUT2D eigenvalue weighted by molar-refractivity contribution is 5.93. The molecule has 1 aromatic heterocycles. The summed E-state index contributed by atoms with van der Waals surface area (Å²) < 4.78 is 10.8. The van der Waals surface area contributed by atoms with E-state index in [1.54, 1.807) is 20.8 Å². The van der Waals surface area contributed by atoms with Crippen LogP contribution >= 0.6 is 0 Å². The standard InChI is InChI=1S/C17H19N5O6/c1-4-27-14-8-15(28-5-2)13(22(25)26)7-11(14)9-18-21-16(23)12-6-10(3)19-17(24)20-12/h6-9H,4-5H2,1-3H3,(H,21,23)(H,19,20,24)/b18-9+. The Morgan fingerprint density at radius 2 is 1.96 bits per heavy atom. The number of hydrogen-bond donors (Lipinski definition) is 2. The van der Waals surface area contributed by atoms with Crippen LogP contribution in [0.25, 0.3) is 0 Å². The number of ether oxygens (including phenoxy) is 2. The van der Waals surface area contributed by atoms with E-state index >= 15 is 0 Å². The van der Waals surface area contributed by atoms with Crippen LogP contribution in [0.1, 0.15) is 35.6 Å². The number of aryl methyl sites for hydroxylation is 1. The Morgan fingerprint density at radius 1 is 1.29 bits per heavy atom. The lowest BCUT2D eigenvalue weighted by Gasteiger charge is -2.10. The smallest absolute Gasteiger partial charge is 0.345 e. The third-order valence-corrected chi connectivity index (χ3v) is 3.37. The zero-order valence-electron chi connectivity index (χ0n) is 15.5. The van der Waals surface area contributed by atoms with Gasteiger partial charge in [0, 0.05) is 23.4 Å².